The van der Waals surface area contributed by atoms with Crippen LogP contribution in [0.5, 0.6) is 0 Å². The van der Waals surface area contributed by atoms with Crippen LogP contribution in [0.25, 0.3) is 0 Å². The van der Waals surface area contributed by atoms with Crippen molar-refractivity contribution in [2.75, 3.05) is 6.61 Å². The number of Topliss-reactive ketones (excluding diaryl/α,β-unsaturated/α-hetero) is 1. The lowest BCUT2D eigenvalue weighted by atomic mass is 9.44. The van der Waals surface area contributed by atoms with Crippen LogP contribution in [0.2, 0.25) is 0 Å². The first-order chi connectivity index (χ1) is 11.0. The van der Waals surface area contributed by atoms with Crippen LogP contribution in [0.15, 0.2) is 0 Å². The van der Waals surface area contributed by atoms with E-state index in [-0.39, 0.29) is 5.60 Å². The lowest BCUT2D eigenvalue weighted by Crippen LogP contribution is -2.60. The molecule has 5 rings (SSSR count). The van der Waals surface area contributed by atoms with Gasteiger partial charge < -0.3 is 4.74 Å². The van der Waals surface area contributed by atoms with Crippen LogP contribution in [-0.2, 0) is 9.53 Å². The predicted octanol–water partition coefficient (Wildman–Crippen LogP) is 4.76. The second-order valence-corrected chi connectivity index (χ2v) is 9.99. The molecule has 0 aromatic rings. The Morgan fingerprint density at radius 2 is 1.74 bits per heavy atom. The van der Waals surface area contributed by atoms with Crippen LogP contribution >= 0.6 is 0 Å². The Labute approximate surface area is 140 Å². The zero-order chi connectivity index (χ0) is 15.9. The Kier molecular flexibility index (Phi) is 3.00. The van der Waals surface area contributed by atoms with Crippen molar-refractivity contribution in [2.45, 2.75) is 83.7 Å². The predicted molar refractivity (Wildman–Crippen MR) is 90.0 cm³/mol. The Morgan fingerprint density at radius 1 is 0.957 bits per heavy atom. The van der Waals surface area contributed by atoms with Crippen LogP contribution in [0.4, 0.5) is 0 Å². The SMILES string of the molecule is C[C@@]12CCC(=O)C[C@@H]1CC[C@@H]1[C@H]3CC[C@]4(CCO4)[C@@]3(C)CC[C@@H]12. The van der Waals surface area contributed by atoms with E-state index in [1.54, 1.807) is 0 Å². The topological polar surface area (TPSA) is 26.3 Å². The van der Waals surface area contributed by atoms with Crippen molar-refractivity contribution in [3.05, 3.63) is 0 Å². The van der Waals surface area contributed by atoms with E-state index in [0.717, 1.165) is 37.2 Å². The molecule has 7 atom stereocenters. The van der Waals surface area contributed by atoms with Gasteiger partial charge in [-0.1, -0.05) is 13.8 Å². The lowest BCUT2D eigenvalue weighted by Gasteiger charge is -2.62. The molecule has 23 heavy (non-hydrogen) atoms. The highest BCUT2D eigenvalue weighted by molar-refractivity contribution is 5.79. The number of fused-ring (bicyclic) bond motifs is 6. The van der Waals surface area contributed by atoms with Gasteiger partial charge in [0, 0.05) is 19.3 Å². The number of hydrogen-bond acceptors (Lipinski definition) is 2. The normalized spacial score (nSPS) is 58.3. The molecule has 2 nitrogen and oxygen atoms in total. The van der Waals surface area contributed by atoms with Gasteiger partial charge in [-0.25, -0.2) is 0 Å². The first kappa shape index (κ1) is 14.9. The van der Waals surface area contributed by atoms with E-state index < -0.39 is 0 Å². The second kappa shape index (κ2) is 4.62. The van der Waals surface area contributed by atoms with E-state index in [1.165, 1.54) is 51.4 Å². The molecule has 0 unspecified atom stereocenters. The molecule has 0 N–H and O–H groups in total. The minimum atomic E-state index is 0.253. The minimum absolute atomic E-state index is 0.253. The Balaban J connectivity index is 1.46. The standard InChI is InChI=1S/C21H32O2/c1-19-8-5-15(22)13-14(19)3-4-16-17(19)6-9-20(2)18(16)7-10-21(20)11-12-23-21/h14,16-18H,3-13H2,1-2H3/t14-,16-,17-,18+,19+,20-,21-/m0/s1. The maximum absolute atomic E-state index is 12.0. The number of carbonyl (C=O) groups excluding carboxylic acids is 1. The minimum Gasteiger partial charge on any atom is -0.374 e. The molecule has 0 amide bonds. The van der Waals surface area contributed by atoms with Crippen molar-refractivity contribution in [1.82, 2.24) is 0 Å². The monoisotopic (exact) mass is 316 g/mol. The maximum Gasteiger partial charge on any atom is 0.133 e. The summed E-state index contributed by atoms with van der Waals surface area (Å²) in [6.45, 7) is 6.12. The van der Waals surface area contributed by atoms with Crippen molar-refractivity contribution in [2.24, 2.45) is 34.5 Å². The third-order valence-corrected chi connectivity index (χ3v) is 9.66. The summed E-state index contributed by atoms with van der Waals surface area (Å²) in [7, 11) is 0. The molecule has 0 aromatic carbocycles. The lowest BCUT2D eigenvalue weighted by molar-refractivity contribution is -0.231. The summed E-state index contributed by atoms with van der Waals surface area (Å²) in [5.74, 6) is 3.89. The molecule has 1 spiro atoms. The average Bonchev–Trinajstić information content (AvgIpc) is 2.81. The van der Waals surface area contributed by atoms with E-state index in [0.29, 0.717) is 22.5 Å². The molecule has 0 aromatic heterocycles. The van der Waals surface area contributed by atoms with Gasteiger partial charge >= 0.3 is 0 Å². The van der Waals surface area contributed by atoms with Gasteiger partial charge in [0.05, 0.1) is 12.2 Å². The van der Waals surface area contributed by atoms with E-state index in [9.17, 15) is 4.79 Å². The molecule has 1 saturated heterocycles. The highest BCUT2D eigenvalue weighted by Crippen LogP contribution is 2.70. The molecular formula is C21H32O2. The first-order valence-electron chi connectivity index (χ1n) is 10.1. The molecule has 4 saturated carbocycles. The smallest absolute Gasteiger partial charge is 0.133 e. The zero-order valence-electron chi connectivity index (χ0n) is 14.9. The first-order valence-corrected chi connectivity index (χ1v) is 10.1. The molecule has 1 aliphatic heterocycles. The van der Waals surface area contributed by atoms with Crippen LogP contribution in [0, 0.1) is 34.5 Å². The van der Waals surface area contributed by atoms with E-state index in [2.05, 4.69) is 13.8 Å². The third kappa shape index (κ3) is 1.72. The van der Waals surface area contributed by atoms with Crippen LogP contribution in [0.3, 0.4) is 0 Å². The molecular weight excluding hydrogens is 284 g/mol. The molecule has 5 fully saturated rings. The number of rotatable bonds is 0. The third-order valence-electron chi connectivity index (χ3n) is 9.66. The molecule has 4 aliphatic carbocycles. The fourth-order valence-corrected chi connectivity index (χ4v) is 8.13. The highest BCUT2D eigenvalue weighted by Gasteiger charge is 2.66. The summed E-state index contributed by atoms with van der Waals surface area (Å²) in [4.78, 5) is 12.0. The van der Waals surface area contributed by atoms with Crippen molar-refractivity contribution in [1.29, 1.82) is 0 Å². The molecule has 128 valence electrons. The molecule has 2 heteroatoms. The van der Waals surface area contributed by atoms with E-state index in [4.69, 9.17) is 4.74 Å². The Morgan fingerprint density at radius 3 is 2.48 bits per heavy atom. The van der Waals surface area contributed by atoms with Gasteiger partial charge in [-0.05, 0) is 79.4 Å². The van der Waals surface area contributed by atoms with Crippen LogP contribution < -0.4 is 0 Å². The van der Waals surface area contributed by atoms with Gasteiger partial charge in [0.25, 0.3) is 0 Å². The van der Waals surface area contributed by atoms with Gasteiger partial charge in [-0.3, -0.25) is 4.79 Å². The van der Waals surface area contributed by atoms with Crippen molar-refractivity contribution < 1.29 is 9.53 Å². The fraction of sp³-hybridized carbons (Fsp3) is 0.952. The average molecular weight is 316 g/mol. The largest absolute Gasteiger partial charge is 0.374 e. The number of ether oxygens (including phenoxy) is 1. The van der Waals surface area contributed by atoms with Crippen LogP contribution in [0.1, 0.15) is 78.1 Å². The quantitative estimate of drug-likeness (QED) is 0.644. The summed E-state index contributed by atoms with van der Waals surface area (Å²) >= 11 is 0. The summed E-state index contributed by atoms with van der Waals surface area (Å²) in [5, 5.41) is 0. The fourth-order valence-electron chi connectivity index (χ4n) is 8.13. The summed E-state index contributed by atoms with van der Waals surface area (Å²) in [6, 6.07) is 0. The number of hydrogen-bond donors (Lipinski definition) is 0. The summed E-state index contributed by atoms with van der Waals surface area (Å²) < 4.78 is 6.23. The number of carbonyl (C=O) groups is 1. The summed E-state index contributed by atoms with van der Waals surface area (Å²) in [6.07, 6.45) is 12.4. The van der Waals surface area contributed by atoms with Gasteiger partial charge in [-0.15, -0.1) is 0 Å². The Hall–Kier alpha value is -0.370. The van der Waals surface area contributed by atoms with E-state index >= 15 is 0 Å². The van der Waals surface area contributed by atoms with E-state index in [1.807, 2.05) is 0 Å². The highest BCUT2D eigenvalue weighted by atomic mass is 16.5. The maximum atomic E-state index is 12.0. The molecule has 1 heterocycles. The van der Waals surface area contributed by atoms with Gasteiger partial charge in [-0.2, -0.15) is 0 Å². The van der Waals surface area contributed by atoms with Crippen molar-refractivity contribution in [3.8, 4) is 0 Å². The molecule has 0 radical (unpaired) electrons. The molecule has 0 bridgehead atoms. The Bertz CT molecular complexity index is 536. The van der Waals surface area contributed by atoms with Gasteiger partial charge in [0.1, 0.15) is 5.78 Å². The van der Waals surface area contributed by atoms with Gasteiger partial charge in [0.15, 0.2) is 0 Å². The van der Waals surface area contributed by atoms with Crippen molar-refractivity contribution in [3.63, 3.8) is 0 Å². The zero-order valence-corrected chi connectivity index (χ0v) is 14.9. The molecule has 5 aliphatic rings. The summed E-state index contributed by atoms with van der Waals surface area (Å²) in [5.41, 5.74) is 1.15. The second-order valence-electron chi connectivity index (χ2n) is 9.99. The number of ketones is 1. The van der Waals surface area contributed by atoms with Crippen molar-refractivity contribution >= 4 is 5.78 Å². The van der Waals surface area contributed by atoms with Gasteiger partial charge in [0.2, 0.25) is 0 Å². The van der Waals surface area contributed by atoms with Crippen LogP contribution in [-0.4, -0.2) is 18.0 Å².